The molecule has 0 aliphatic rings. The van der Waals surface area contributed by atoms with E-state index < -0.39 is 0 Å². The highest BCUT2D eigenvalue weighted by atomic mass is 16.5. The number of nitrogens with two attached hydrogens (primary N) is 1. The molecule has 3 N–H and O–H groups in total. The van der Waals surface area contributed by atoms with Gasteiger partial charge in [0.25, 0.3) is 0 Å². The van der Waals surface area contributed by atoms with Gasteiger partial charge in [-0.1, -0.05) is 11.2 Å². The van der Waals surface area contributed by atoms with E-state index in [0.717, 1.165) is 11.1 Å². The smallest absolute Gasteiger partial charge is 0.230 e. The molecule has 0 aliphatic carbocycles. The second kappa shape index (κ2) is 3.31. The van der Waals surface area contributed by atoms with E-state index in [1.165, 1.54) is 6.20 Å². The van der Waals surface area contributed by atoms with Gasteiger partial charge in [0.2, 0.25) is 5.88 Å². The van der Waals surface area contributed by atoms with E-state index in [1.54, 1.807) is 0 Å². The van der Waals surface area contributed by atoms with Gasteiger partial charge in [-0.2, -0.15) is 0 Å². The molecule has 0 aliphatic heterocycles. The number of aryl methyl sites for hydroxylation is 2. The first-order chi connectivity index (χ1) is 7.09. The summed E-state index contributed by atoms with van der Waals surface area (Å²) in [6, 6.07) is 3.76. The topological polar surface area (TPSA) is 72.3 Å². The van der Waals surface area contributed by atoms with Gasteiger partial charge >= 0.3 is 0 Å². The largest absolute Gasteiger partial charge is 0.507 e. The normalized spacial score (nSPS) is 10.5. The number of rotatable bonds is 1. The van der Waals surface area contributed by atoms with Crippen molar-refractivity contribution in [2.45, 2.75) is 13.8 Å². The number of hydrogen-bond donors (Lipinski definition) is 2. The number of aromatic hydroxyl groups is 1. The van der Waals surface area contributed by atoms with Gasteiger partial charge in [-0.15, -0.1) is 0 Å². The first-order valence-corrected chi connectivity index (χ1v) is 4.60. The quantitative estimate of drug-likeness (QED) is 0.747. The van der Waals surface area contributed by atoms with Crippen LogP contribution in [0.15, 0.2) is 22.9 Å². The Kier molecular flexibility index (Phi) is 2.11. The molecule has 0 saturated heterocycles. The molecule has 1 aromatic heterocycles. The number of benzene rings is 1. The molecule has 0 atom stereocenters. The van der Waals surface area contributed by atoms with E-state index in [-0.39, 0.29) is 11.6 Å². The summed E-state index contributed by atoms with van der Waals surface area (Å²) < 4.78 is 4.77. The summed E-state index contributed by atoms with van der Waals surface area (Å²) in [5.41, 5.74) is 8.75. The Balaban J connectivity index is 2.68. The number of phenolic OH excluding ortho intramolecular Hbond substituents is 1. The number of nitrogen functional groups attached to an aromatic ring is 1. The molecule has 0 unspecified atom stereocenters. The van der Waals surface area contributed by atoms with Crippen LogP contribution in [0.3, 0.4) is 0 Å². The van der Waals surface area contributed by atoms with Crippen LogP contribution in [0, 0.1) is 13.8 Å². The molecule has 0 amide bonds. The molecule has 2 aromatic rings. The van der Waals surface area contributed by atoms with Crippen molar-refractivity contribution < 1.29 is 9.63 Å². The molecule has 0 radical (unpaired) electrons. The Bertz CT molecular complexity index is 503. The van der Waals surface area contributed by atoms with Crippen LogP contribution in [0.5, 0.6) is 5.75 Å². The monoisotopic (exact) mass is 204 g/mol. The lowest BCUT2D eigenvalue weighted by Crippen LogP contribution is -1.88. The molecule has 4 nitrogen and oxygen atoms in total. The molecular formula is C11H12N2O2. The molecule has 0 spiro atoms. The highest BCUT2D eigenvalue weighted by Gasteiger charge is 2.13. The van der Waals surface area contributed by atoms with Gasteiger partial charge in [0.05, 0.1) is 11.8 Å². The molecule has 1 heterocycles. The summed E-state index contributed by atoms with van der Waals surface area (Å²) in [5.74, 6) is 0.436. The van der Waals surface area contributed by atoms with Crippen molar-refractivity contribution in [3.63, 3.8) is 0 Å². The molecule has 1 aromatic carbocycles. The predicted molar refractivity (Wildman–Crippen MR) is 57.5 cm³/mol. The zero-order chi connectivity index (χ0) is 11.0. The Morgan fingerprint density at radius 1 is 1.27 bits per heavy atom. The zero-order valence-corrected chi connectivity index (χ0v) is 8.61. The first-order valence-electron chi connectivity index (χ1n) is 4.60. The van der Waals surface area contributed by atoms with E-state index >= 15 is 0 Å². The van der Waals surface area contributed by atoms with Crippen LogP contribution in [0.2, 0.25) is 0 Å². The van der Waals surface area contributed by atoms with Gasteiger partial charge in [0.15, 0.2) is 0 Å². The van der Waals surface area contributed by atoms with Crippen molar-refractivity contribution in [3.05, 3.63) is 29.5 Å². The third kappa shape index (κ3) is 1.54. The highest BCUT2D eigenvalue weighted by Crippen LogP contribution is 2.35. The fourth-order valence-corrected chi connectivity index (χ4v) is 1.62. The van der Waals surface area contributed by atoms with Gasteiger partial charge in [0.1, 0.15) is 5.75 Å². The van der Waals surface area contributed by atoms with Crippen LogP contribution in [0.1, 0.15) is 11.1 Å². The minimum absolute atomic E-state index is 0.218. The van der Waals surface area contributed by atoms with Gasteiger partial charge in [-0.25, -0.2) is 0 Å². The average Bonchev–Trinajstić information content (AvgIpc) is 2.58. The Morgan fingerprint density at radius 2 is 2.00 bits per heavy atom. The maximum atomic E-state index is 9.89. The summed E-state index contributed by atoms with van der Waals surface area (Å²) in [4.78, 5) is 0. The number of aromatic nitrogens is 1. The summed E-state index contributed by atoms with van der Waals surface area (Å²) in [6.45, 7) is 3.80. The summed E-state index contributed by atoms with van der Waals surface area (Å²) in [7, 11) is 0. The van der Waals surface area contributed by atoms with Crippen LogP contribution in [0.4, 0.5) is 5.88 Å². The third-order valence-corrected chi connectivity index (χ3v) is 2.33. The summed E-state index contributed by atoms with van der Waals surface area (Å²) >= 11 is 0. The minimum Gasteiger partial charge on any atom is -0.507 e. The van der Waals surface area contributed by atoms with Gasteiger partial charge in [0, 0.05) is 5.56 Å². The van der Waals surface area contributed by atoms with Crippen LogP contribution < -0.4 is 5.73 Å². The lowest BCUT2D eigenvalue weighted by molar-refractivity contribution is 0.436. The van der Waals surface area contributed by atoms with E-state index in [1.807, 2.05) is 26.0 Å². The Hall–Kier alpha value is -1.97. The van der Waals surface area contributed by atoms with E-state index in [4.69, 9.17) is 10.3 Å². The van der Waals surface area contributed by atoms with Crippen LogP contribution in [0.25, 0.3) is 11.1 Å². The average molecular weight is 204 g/mol. The SMILES string of the molecule is Cc1cc(C)c(O)c(-c2cnoc2N)c1. The number of nitrogens with zero attached hydrogens (tertiary/aromatic N) is 1. The summed E-state index contributed by atoms with van der Waals surface area (Å²) in [6.07, 6.45) is 1.50. The van der Waals surface area contributed by atoms with Gasteiger partial charge < -0.3 is 15.4 Å². The van der Waals surface area contributed by atoms with Crippen molar-refractivity contribution >= 4 is 5.88 Å². The van der Waals surface area contributed by atoms with Crippen LogP contribution in [-0.4, -0.2) is 10.3 Å². The Morgan fingerprint density at radius 3 is 2.60 bits per heavy atom. The van der Waals surface area contributed by atoms with Crippen molar-refractivity contribution in [2.24, 2.45) is 0 Å². The van der Waals surface area contributed by atoms with Crippen molar-refractivity contribution in [1.82, 2.24) is 5.16 Å². The molecular weight excluding hydrogens is 192 g/mol. The Labute approximate surface area is 87.3 Å². The number of anilines is 1. The molecule has 0 saturated carbocycles. The third-order valence-electron chi connectivity index (χ3n) is 2.33. The van der Waals surface area contributed by atoms with E-state index in [0.29, 0.717) is 11.1 Å². The molecule has 0 bridgehead atoms. The van der Waals surface area contributed by atoms with E-state index in [2.05, 4.69) is 5.16 Å². The standard InChI is InChI=1S/C11H12N2O2/c1-6-3-7(2)10(14)8(4-6)9-5-13-15-11(9)12/h3-5,14H,12H2,1-2H3. The van der Waals surface area contributed by atoms with Gasteiger partial charge in [-0.3, -0.25) is 0 Å². The van der Waals surface area contributed by atoms with Crippen molar-refractivity contribution in [2.75, 3.05) is 5.73 Å². The predicted octanol–water partition coefficient (Wildman–Crippen LogP) is 2.25. The summed E-state index contributed by atoms with van der Waals surface area (Å²) in [5, 5.41) is 13.5. The number of hydrogen-bond acceptors (Lipinski definition) is 4. The van der Waals surface area contributed by atoms with Crippen LogP contribution >= 0.6 is 0 Å². The minimum atomic E-state index is 0.218. The maximum Gasteiger partial charge on any atom is 0.230 e. The highest BCUT2D eigenvalue weighted by molar-refractivity contribution is 5.78. The molecule has 4 heteroatoms. The van der Waals surface area contributed by atoms with Crippen molar-refractivity contribution in [3.8, 4) is 16.9 Å². The molecule has 2 rings (SSSR count). The van der Waals surface area contributed by atoms with E-state index in [9.17, 15) is 5.11 Å². The molecule has 0 fully saturated rings. The molecule has 78 valence electrons. The lowest BCUT2D eigenvalue weighted by atomic mass is 10.0. The van der Waals surface area contributed by atoms with Crippen molar-refractivity contribution in [1.29, 1.82) is 0 Å². The van der Waals surface area contributed by atoms with Crippen LogP contribution in [-0.2, 0) is 0 Å². The zero-order valence-electron chi connectivity index (χ0n) is 8.61. The first kappa shape index (κ1) is 9.58. The number of phenols is 1. The molecule has 15 heavy (non-hydrogen) atoms. The second-order valence-electron chi connectivity index (χ2n) is 3.58. The lowest BCUT2D eigenvalue weighted by Gasteiger charge is -2.07. The van der Waals surface area contributed by atoms with Gasteiger partial charge in [-0.05, 0) is 31.0 Å². The fraction of sp³-hybridized carbons (Fsp3) is 0.182. The fourth-order valence-electron chi connectivity index (χ4n) is 1.62. The maximum absolute atomic E-state index is 9.89. The second-order valence-corrected chi connectivity index (χ2v) is 3.58.